The Morgan fingerprint density at radius 1 is 1.11 bits per heavy atom. The smallest absolute Gasteiger partial charge is 0.188 e. The maximum Gasteiger partial charge on any atom is 0.188 e. The summed E-state index contributed by atoms with van der Waals surface area (Å²) in [6.07, 6.45) is 4.31. The maximum atomic E-state index is 6.23. The Balaban J connectivity index is 1.86. The molecule has 1 aliphatic rings. The molecule has 1 aromatic carbocycles. The Kier molecular flexibility index (Phi) is 3.70. The highest BCUT2D eigenvalue weighted by Crippen LogP contribution is 2.63. The topological polar surface area (TPSA) is 25.8 Å². The van der Waals surface area contributed by atoms with Gasteiger partial charge in [0.2, 0.25) is 0 Å². The summed E-state index contributed by atoms with van der Waals surface area (Å²) in [5.41, 5.74) is 1.22. The van der Waals surface area contributed by atoms with Crippen molar-refractivity contribution in [2.24, 2.45) is 5.92 Å². The molecule has 0 saturated heterocycles. The van der Waals surface area contributed by atoms with E-state index >= 15 is 0 Å². The molecule has 0 amide bonds. The second-order valence-corrected chi connectivity index (χ2v) is 7.20. The minimum atomic E-state index is -0.609. The summed E-state index contributed by atoms with van der Waals surface area (Å²) in [5.74, 6) is 0.243. The van der Waals surface area contributed by atoms with Gasteiger partial charge in [0.1, 0.15) is 4.33 Å². The van der Waals surface area contributed by atoms with Crippen molar-refractivity contribution in [3.63, 3.8) is 0 Å². The van der Waals surface area contributed by atoms with Crippen molar-refractivity contribution in [1.29, 1.82) is 0 Å². The summed E-state index contributed by atoms with van der Waals surface area (Å²) < 4.78 is -0.609. The van der Waals surface area contributed by atoms with Gasteiger partial charge in [0.15, 0.2) is 5.16 Å². The van der Waals surface area contributed by atoms with Crippen LogP contribution in [0, 0.1) is 5.92 Å². The van der Waals surface area contributed by atoms with Crippen molar-refractivity contribution in [2.75, 3.05) is 0 Å². The van der Waals surface area contributed by atoms with Crippen LogP contribution < -0.4 is 0 Å². The first-order valence-corrected chi connectivity index (χ1v) is 7.67. The quantitative estimate of drug-likeness (QED) is 0.472. The van der Waals surface area contributed by atoms with Gasteiger partial charge in [-0.2, -0.15) is 0 Å². The van der Waals surface area contributed by atoms with Crippen molar-refractivity contribution in [3.8, 4) is 0 Å². The van der Waals surface area contributed by atoms with E-state index in [1.807, 2.05) is 24.3 Å². The van der Waals surface area contributed by atoms with Crippen molar-refractivity contribution >= 4 is 35.0 Å². The molecule has 98 valence electrons. The van der Waals surface area contributed by atoms with Crippen LogP contribution >= 0.6 is 35.0 Å². The van der Waals surface area contributed by atoms with Gasteiger partial charge in [-0.05, 0) is 18.1 Å². The molecular formula is C14H12Cl2N2S. The predicted molar refractivity (Wildman–Crippen MR) is 79.6 cm³/mol. The molecule has 2 atom stereocenters. The summed E-state index contributed by atoms with van der Waals surface area (Å²) in [6, 6.07) is 12.1. The molecule has 1 saturated carbocycles. The number of benzene rings is 1. The number of thioether (sulfide) groups is 1. The fourth-order valence-electron chi connectivity index (χ4n) is 2.05. The number of aromatic nitrogens is 2. The normalized spacial score (nSPS) is 21.9. The Morgan fingerprint density at radius 2 is 1.74 bits per heavy atom. The van der Waals surface area contributed by atoms with Gasteiger partial charge in [-0.3, -0.25) is 0 Å². The zero-order chi connectivity index (χ0) is 13.3. The van der Waals surface area contributed by atoms with Crippen LogP contribution in [-0.2, 0) is 0 Å². The highest BCUT2D eigenvalue weighted by Gasteiger charge is 2.56. The summed E-state index contributed by atoms with van der Waals surface area (Å²) in [5, 5.41) is 0.950. The number of rotatable bonds is 4. The molecule has 0 N–H and O–H groups in total. The third-order valence-electron chi connectivity index (χ3n) is 3.14. The minimum Gasteiger partial charge on any atom is -0.231 e. The molecule has 0 aliphatic heterocycles. The Labute approximate surface area is 126 Å². The predicted octanol–water partition coefficient (Wildman–Crippen LogP) is 4.50. The lowest BCUT2D eigenvalue weighted by Gasteiger charge is -2.16. The summed E-state index contributed by atoms with van der Waals surface area (Å²) in [6.45, 7) is 0. The Bertz CT molecular complexity index is 548. The number of alkyl halides is 2. The van der Waals surface area contributed by atoms with Crippen molar-refractivity contribution in [1.82, 2.24) is 9.97 Å². The summed E-state index contributed by atoms with van der Waals surface area (Å²) in [7, 11) is 0. The molecule has 3 rings (SSSR count). The third kappa shape index (κ3) is 3.04. The molecule has 1 heterocycles. The number of nitrogens with zero attached hydrogens (tertiary/aromatic N) is 2. The average Bonchev–Trinajstić information content (AvgIpc) is 3.07. The van der Waals surface area contributed by atoms with E-state index in [0.29, 0.717) is 0 Å². The molecule has 0 bridgehead atoms. The molecular weight excluding hydrogens is 299 g/mol. The van der Waals surface area contributed by atoms with E-state index in [1.165, 1.54) is 5.56 Å². The van der Waals surface area contributed by atoms with Crippen LogP contribution in [0.15, 0.2) is 53.9 Å². The lowest BCUT2D eigenvalue weighted by atomic mass is 10.1. The monoisotopic (exact) mass is 310 g/mol. The van der Waals surface area contributed by atoms with E-state index < -0.39 is 4.33 Å². The molecule has 19 heavy (non-hydrogen) atoms. The standard InChI is InChI=1S/C14H12Cl2N2S/c15-14(16)9-11(14)12(10-5-2-1-3-6-10)19-13-17-7-4-8-18-13/h1-8,11-12H,9H2. The van der Waals surface area contributed by atoms with Crippen LogP contribution in [0.25, 0.3) is 0 Å². The van der Waals surface area contributed by atoms with Crippen LogP contribution in [0.1, 0.15) is 17.2 Å². The SMILES string of the molecule is ClC1(Cl)CC1C(Sc1ncccn1)c1ccccc1. The summed E-state index contributed by atoms with van der Waals surface area (Å²) in [4.78, 5) is 8.54. The molecule has 2 unspecified atom stereocenters. The number of halogens is 2. The Morgan fingerprint density at radius 3 is 2.32 bits per heavy atom. The van der Waals surface area contributed by atoms with Gasteiger partial charge in [0.05, 0.1) is 0 Å². The van der Waals surface area contributed by atoms with Gasteiger partial charge < -0.3 is 0 Å². The first-order valence-electron chi connectivity index (χ1n) is 6.03. The van der Waals surface area contributed by atoms with Crippen LogP contribution in [-0.4, -0.2) is 14.3 Å². The molecule has 2 aromatic rings. The summed E-state index contributed by atoms with van der Waals surface area (Å²) >= 11 is 14.1. The molecule has 1 fully saturated rings. The van der Waals surface area contributed by atoms with Crippen molar-refractivity contribution < 1.29 is 0 Å². The van der Waals surface area contributed by atoms with Gasteiger partial charge in [-0.1, -0.05) is 42.1 Å². The maximum absolute atomic E-state index is 6.23. The number of hydrogen-bond acceptors (Lipinski definition) is 3. The highest BCUT2D eigenvalue weighted by molar-refractivity contribution is 7.99. The third-order valence-corrected chi connectivity index (χ3v) is 5.29. The molecule has 2 nitrogen and oxygen atoms in total. The van der Waals surface area contributed by atoms with Crippen molar-refractivity contribution in [2.45, 2.75) is 21.2 Å². The first-order chi connectivity index (χ1) is 9.17. The van der Waals surface area contributed by atoms with Crippen LogP contribution in [0.2, 0.25) is 0 Å². The van der Waals surface area contributed by atoms with Gasteiger partial charge >= 0.3 is 0 Å². The zero-order valence-corrected chi connectivity index (χ0v) is 12.4. The van der Waals surface area contributed by atoms with E-state index in [4.69, 9.17) is 23.2 Å². The van der Waals surface area contributed by atoms with Crippen molar-refractivity contribution in [3.05, 3.63) is 54.4 Å². The fraction of sp³-hybridized carbons (Fsp3) is 0.286. The largest absolute Gasteiger partial charge is 0.231 e. The van der Waals surface area contributed by atoms with E-state index in [9.17, 15) is 0 Å². The lowest BCUT2D eigenvalue weighted by molar-refractivity contribution is 0.789. The molecule has 1 aliphatic carbocycles. The highest BCUT2D eigenvalue weighted by atomic mass is 35.5. The van der Waals surface area contributed by atoms with Gasteiger partial charge in [0, 0.05) is 23.6 Å². The molecule has 1 aromatic heterocycles. The Hall–Kier alpha value is -0.770. The van der Waals surface area contributed by atoms with E-state index in [2.05, 4.69) is 22.1 Å². The van der Waals surface area contributed by atoms with E-state index in [0.717, 1.165) is 11.6 Å². The fourth-order valence-corrected chi connectivity index (χ4v) is 4.04. The van der Waals surface area contributed by atoms with Crippen LogP contribution in [0.4, 0.5) is 0 Å². The zero-order valence-electron chi connectivity index (χ0n) is 10.0. The van der Waals surface area contributed by atoms with Gasteiger partial charge in [-0.15, -0.1) is 23.2 Å². The first kappa shape index (κ1) is 13.2. The lowest BCUT2D eigenvalue weighted by Crippen LogP contribution is -2.03. The van der Waals surface area contributed by atoms with Crippen LogP contribution in [0.5, 0.6) is 0 Å². The molecule has 5 heteroatoms. The number of hydrogen-bond donors (Lipinski definition) is 0. The van der Waals surface area contributed by atoms with Gasteiger partial charge in [-0.25, -0.2) is 9.97 Å². The van der Waals surface area contributed by atoms with Gasteiger partial charge in [0.25, 0.3) is 0 Å². The van der Waals surface area contributed by atoms with Crippen LogP contribution in [0.3, 0.4) is 0 Å². The van der Waals surface area contributed by atoms with E-state index in [-0.39, 0.29) is 11.2 Å². The van der Waals surface area contributed by atoms with E-state index in [1.54, 1.807) is 24.2 Å². The molecule has 0 spiro atoms. The molecule has 0 radical (unpaired) electrons. The minimum absolute atomic E-state index is 0.193. The second kappa shape index (κ2) is 5.31. The second-order valence-electron chi connectivity index (χ2n) is 4.55. The average molecular weight is 311 g/mol.